The topological polar surface area (TPSA) is 52.9 Å². The molecule has 1 fully saturated rings. The summed E-state index contributed by atoms with van der Waals surface area (Å²) in [5.41, 5.74) is 4.50. The van der Waals surface area contributed by atoms with Crippen LogP contribution in [0.25, 0.3) is 6.08 Å². The predicted octanol–water partition coefficient (Wildman–Crippen LogP) is 5.30. The van der Waals surface area contributed by atoms with E-state index in [0.29, 0.717) is 10.1 Å². The summed E-state index contributed by atoms with van der Waals surface area (Å²) in [6, 6.07) is 25.0. The van der Waals surface area contributed by atoms with Crippen molar-refractivity contribution >= 4 is 40.3 Å². The Morgan fingerprint density at radius 1 is 0.966 bits per heavy atom. The molecule has 0 aliphatic carbocycles. The van der Waals surface area contributed by atoms with Gasteiger partial charge in [-0.15, -0.1) is 0 Å². The van der Waals surface area contributed by atoms with E-state index in [0.717, 1.165) is 28.1 Å². The van der Waals surface area contributed by atoms with Crippen molar-refractivity contribution in [2.24, 2.45) is 4.99 Å². The van der Waals surface area contributed by atoms with Gasteiger partial charge in [-0.2, -0.15) is 0 Å². The smallest absolute Gasteiger partial charge is 0.271 e. The highest BCUT2D eigenvalue weighted by Gasteiger charge is 2.34. The normalized spacial score (nSPS) is 16.8. The number of benzene rings is 3. The minimum atomic E-state index is -0.0988. The molecule has 0 spiro atoms. The fourth-order valence-electron chi connectivity index (χ4n) is 2.95. The molecular weight excluding hydrogens is 380 g/mol. The number of aryl methyl sites for hydroxylation is 1. The first-order valence-corrected chi connectivity index (χ1v) is 10.1. The van der Waals surface area contributed by atoms with Crippen LogP contribution >= 0.6 is 11.8 Å². The number of carbonyl (C=O) groups excluding carboxylic acids is 1. The number of hydrogen-bond acceptors (Lipinski definition) is 4. The second-order valence-corrected chi connectivity index (χ2v) is 7.73. The summed E-state index contributed by atoms with van der Waals surface area (Å²) in [5, 5.41) is 9.84. The Bertz CT molecular complexity index is 1070. The standard InChI is InChI=1S/C24H20N2O2S/c1-17-7-13-20(14-8-17)25-24-26(21-5-3-2-4-6-21)23(28)22(29-24)15-18-9-11-19(16-27)12-10-18/h2-15,27H,16H2,1H3. The van der Waals surface area contributed by atoms with Gasteiger partial charge in [-0.05, 0) is 60.2 Å². The number of aliphatic imine (C=N–C) groups is 1. The van der Waals surface area contributed by atoms with Gasteiger partial charge in [0.2, 0.25) is 0 Å². The first-order chi connectivity index (χ1) is 14.1. The van der Waals surface area contributed by atoms with Gasteiger partial charge in [0, 0.05) is 0 Å². The molecule has 1 N–H and O–H groups in total. The lowest BCUT2D eigenvalue weighted by atomic mass is 10.1. The van der Waals surface area contributed by atoms with Gasteiger partial charge in [0.25, 0.3) is 5.91 Å². The molecule has 0 bridgehead atoms. The number of amidine groups is 1. The van der Waals surface area contributed by atoms with Gasteiger partial charge in [-0.3, -0.25) is 9.69 Å². The van der Waals surface area contributed by atoms with E-state index in [1.807, 2.05) is 91.9 Å². The monoisotopic (exact) mass is 400 g/mol. The molecule has 144 valence electrons. The second-order valence-electron chi connectivity index (χ2n) is 6.72. The number of rotatable bonds is 4. The molecule has 1 aliphatic rings. The highest BCUT2D eigenvalue weighted by atomic mass is 32.2. The lowest BCUT2D eigenvalue weighted by Gasteiger charge is -2.15. The van der Waals surface area contributed by atoms with E-state index < -0.39 is 0 Å². The van der Waals surface area contributed by atoms with Crippen molar-refractivity contribution in [3.05, 3.63) is 100 Å². The molecular formula is C24H20N2O2S. The van der Waals surface area contributed by atoms with Gasteiger partial charge < -0.3 is 5.11 Å². The Kier molecular flexibility index (Phi) is 5.60. The number of nitrogens with zero attached hydrogens (tertiary/aromatic N) is 2. The van der Waals surface area contributed by atoms with Crippen molar-refractivity contribution < 1.29 is 9.90 Å². The summed E-state index contributed by atoms with van der Waals surface area (Å²) >= 11 is 1.36. The summed E-state index contributed by atoms with van der Waals surface area (Å²) in [6.45, 7) is 2.03. The molecule has 1 aliphatic heterocycles. The summed E-state index contributed by atoms with van der Waals surface area (Å²) < 4.78 is 0. The zero-order valence-corrected chi connectivity index (χ0v) is 16.8. The Morgan fingerprint density at radius 2 is 1.66 bits per heavy atom. The fourth-order valence-corrected chi connectivity index (χ4v) is 3.95. The number of hydrogen-bond donors (Lipinski definition) is 1. The van der Waals surface area contributed by atoms with Gasteiger partial charge in [0.1, 0.15) is 0 Å². The third-order valence-electron chi connectivity index (χ3n) is 4.54. The van der Waals surface area contributed by atoms with E-state index in [4.69, 9.17) is 4.99 Å². The first-order valence-electron chi connectivity index (χ1n) is 9.28. The minimum Gasteiger partial charge on any atom is -0.392 e. The molecule has 3 aromatic carbocycles. The maximum absolute atomic E-state index is 13.2. The van der Waals surface area contributed by atoms with Crippen molar-refractivity contribution in [3.63, 3.8) is 0 Å². The van der Waals surface area contributed by atoms with Crippen molar-refractivity contribution in [2.45, 2.75) is 13.5 Å². The number of amides is 1. The summed E-state index contributed by atoms with van der Waals surface area (Å²) in [4.78, 5) is 20.2. The van der Waals surface area contributed by atoms with E-state index >= 15 is 0 Å². The SMILES string of the molecule is Cc1ccc(N=C2SC(=Cc3ccc(CO)cc3)C(=O)N2c2ccccc2)cc1. The van der Waals surface area contributed by atoms with Gasteiger partial charge in [0.15, 0.2) is 5.17 Å². The van der Waals surface area contributed by atoms with E-state index in [1.165, 1.54) is 11.8 Å². The average molecular weight is 401 g/mol. The maximum atomic E-state index is 13.2. The molecule has 0 radical (unpaired) electrons. The Labute approximate surface area is 174 Å². The molecule has 1 heterocycles. The largest absolute Gasteiger partial charge is 0.392 e. The summed E-state index contributed by atoms with van der Waals surface area (Å²) in [7, 11) is 0. The second kappa shape index (κ2) is 8.47. The molecule has 3 aromatic rings. The van der Waals surface area contributed by atoms with Crippen LogP contribution in [0.4, 0.5) is 11.4 Å². The molecule has 0 aromatic heterocycles. The van der Waals surface area contributed by atoms with E-state index in [1.54, 1.807) is 4.90 Å². The number of aliphatic hydroxyl groups excluding tert-OH is 1. The molecule has 0 atom stereocenters. The first kappa shape index (κ1) is 19.2. The number of thioether (sulfide) groups is 1. The van der Waals surface area contributed by atoms with Crippen molar-refractivity contribution in [3.8, 4) is 0 Å². The number of para-hydroxylation sites is 1. The average Bonchev–Trinajstić information content (AvgIpc) is 3.05. The third-order valence-corrected chi connectivity index (χ3v) is 5.51. The van der Waals surface area contributed by atoms with Crippen molar-refractivity contribution in [2.75, 3.05) is 4.90 Å². The molecule has 1 saturated heterocycles. The van der Waals surface area contributed by atoms with Crippen LogP contribution in [0.2, 0.25) is 0 Å². The Morgan fingerprint density at radius 3 is 2.31 bits per heavy atom. The van der Waals surface area contributed by atoms with Crippen LogP contribution in [-0.4, -0.2) is 16.2 Å². The van der Waals surface area contributed by atoms with E-state index in [-0.39, 0.29) is 12.5 Å². The molecule has 1 amide bonds. The number of anilines is 1. The Balaban J connectivity index is 1.73. The van der Waals surface area contributed by atoms with Crippen LogP contribution in [0.5, 0.6) is 0 Å². The molecule has 29 heavy (non-hydrogen) atoms. The van der Waals surface area contributed by atoms with Crippen LogP contribution in [0.1, 0.15) is 16.7 Å². The summed E-state index contributed by atoms with van der Waals surface area (Å²) in [6.07, 6.45) is 1.86. The van der Waals surface area contributed by atoms with Crippen LogP contribution in [0.3, 0.4) is 0 Å². The molecule has 4 nitrogen and oxygen atoms in total. The highest BCUT2D eigenvalue weighted by Crippen LogP contribution is 2.37. The zero-order chi connectivity index (χ0) is 20.2. The van der Waals surface area contributed by atoms with Crippen molar-refractivity contribution in [1.29, 1.82) is 0 Å². The fraction of sp³-hybridized carbons (Fsp3) is 0.0833. The van der Waals surface area contributed by atoms with Gasteiger partial charge in [-0.25, -0.2) is 4.99 Å². The van der Waals surface area contributed by atoms with Crippen LogP contribution in [-0.2, 0) is 11.4 Å². The van der Waals surface area contributed by atoms with Crippen LogP contribution < -0.4 is 4.90 Å². The van der Waals surface area contributed by atoms with Crippen LogP contribution in [0, 0.1) is 6.92 Å². The number of aliphatic hydroxyl groups is 1. The van der Waals surface area contributed by atoms with Gasteiger partial charge in [0.05, 0.1) is 22.9 Å². The Hall–Kier alpha value is -3.15. The molecule has 0 saturated carbocycles. The highest BCUT2D eigenvalue weighted by molar-refractivity contribution is 8.19. The van der Waals surface area contributed by atoms with Gasteiger partial charge in [-0.1, -0.05) is 60.2 Å². The molecule has 4 rings (SSSR count). The number of carbonyl (C=O) groups is 1. The van der Waals surface area contributed by atoms with E-state index in [9.17, 15) is 9.90 Å². The zero-order valence-electron chi connectivity index (χ0n) is 15.9. The van der Waals surface area contributed by atoms with Gasteiger partial charge >= 0.3 is 0 Å². The quantitative estimate of drug-likeness (QED) is 0.605. The summed E-state index contributed by atoms with van der Waals surface area (Å²) in [5.74, 6) is -0.0988. The van der Waals surface area contributed by atoms with Crippen LogP contribution in [0.15, 0.2) is 88.8 Å². The molecule has 0 unspecified atom stereocenters. The lowest BCUT2D eigenvalue weighted by Crippen LogP contribution is -2.28. The minimum absolute atomic E-state index is 0.000325. The van der Waals surface area contributed by atoms with Crippen molar-refractivity contribution in [1.82, 2.24) is 0 Å². The third kappa shape index (κ3) is 4.31. The predicted molar refractivity (Wildman–Crippen MR) is 120 cm³/mol. The lowest BCUT2D eigenvalue weighted by molar-refractivity contribution is -0.113. The maximum Gasteiger partial charge on any atom is 0.271 e. The van der Waals surface area contributed by atoms with E-state index in [2.05, 4.69) is 0 Å². The molecule has 5 heteroatoms.